The fourth-order valence-electron chi connectivity index (χ4n) is 3.81. The molecule has 5 nitrogen and oxygen atoms in total. The van der Waals surface area contributed by atoms with Gasteiger partial charge >= 0.3 is 0 Å². The van der Waals surface area contributed by atoms with Crippen molar-refractivity contribution in [2.75, 3.05) is 19.7 Å². The maximum absolute atomic E-state index is 12.6. The molecular weight excluding hydrogens is 376 g/mol. The van der Waals surface area contributed by atoms with E-state index < -0.39 is 0 Å². The van der Waals surface area contributed by atoms with Gasteiger partial charge in [0.2, 0.25) is 0 Å². The van der Waals surface area contributed by atoms with E-state index in [1.54, 1.807) is 0 Å². The van der Waals surface area contributed by atoms with E-state index in [0.29, 0.717) is 18.7 Å². The molecule has 5 heteroatoms. The maximum atomic E-state index is 12.6. The Labute approximate surface area is 179 Å². The number of piperidine rings is 1. The van der Waals surface area contributed by atoms with Gasteiger partial charge in [0.15, 0.2) is 6.61 Å². The normalized spacial score (nSPS) is 15.0. The molecule has 0 unspecified atom stereocenters. The van der Waals surface area contributed by atoms with Crippen molar-refractivity contribution in [2.45, 2.75) is 52.0 Å². The van der Waals surface area contributed by atoms with Gasteiger partial charge in [-0.05, 0) is 48.4 Å². The molecule has 3 rings (SSSR count). The molecule has 30 heavy (non-hydrogen) atoms. The lowest BCUT2D eigenvalue weighted by atomic mass is 9.86. The van der Waals surface area contributed by atoms with Crippen LogP contribution in [0.2, 0.25) is 0 Å². The van der Waals surface area contributed by atoms with Gasteiger partial charge in [0.25, 0.3) is 11.8 Å². The van der Waals surface area contributed by atoms with Crippen molar-refractivity contribution in [1.29, 1.82) is 0 Å². The second-order valence-corrected chi connectivity index (χ2v) is 8.98. The number of benzene rings is 2. The lowest BCUT2D eigenvalue weighted by molar-refractivity contribution is -0.134. The third-order valence-corrected chi connectivity index (χ3v) is 5.62. The summed E-state index contributed by atoms with van der Waals surface area (Å²) in [5.41, 5.74) is 2.72. The van der Waals surface area contributed by atoms with Crippen LogP contribution in [0.15, 0.2) is 48.5 Å². The number of amides is 2. The Bertz CT molecular complexity index is 893. The molecule has 1 saturated heterocycles. The molecule has 1 fully saturated rings. The average Bonchev–Trinajstić information content (AvgIpc) is 2.72. The van der Waals surface area contributed by atoms with Gasteiger partial charge in [-0.15, -0.1) is 0 Å². The summed E-state index contributed by atoms with van der Waals surface area (Å²) in [6.07, 6.45) is 1.50. The molecule has 2 aromatic rings. The van der Waals surface area contributed by atoms with Crippen LogP contribution in [0.4, 0.5) is 0 Å². The number of carbonyl (C=O) groups is 2. The van der Waals surface area contributed by atoms with Gasteiger partial charge in [-0.1, -0.05) is 57.2 Å². The van der Waals surface area contributed by atoms with Crippen molar-refractivity contribution < 1.29 is 14.3 Å². The lowest BCUT2D eigenvalue weighted by Gasteiger charge is -2.32. The Kier molecular flexibility index (Phi) is 6.80. The van der Waals surface area contributed by atoms with Crippen molar-refractivity contribution in [3.05, 3.63) is 65.2 Å². The minimum Gasteiger partial charge on any atom is -0.483 e. The third-order valence-electron chi connectivity index (χ3n) is 5.62. The molecule has 1 aliphatic rings. The monoisotopic (exact) mass is 408 g/mol. The van der Waals surface area contributed by atoms with Crippen LogP contribution in [-0.2, 0) is 10.2 Å². The summed E-state index contributed by atoms with van der Waals surface area (Å²) in [6, 6.07) is 15.6. The molecule has 0 spiro atoms. The van der Waals surface area contributed by atoms with Gasteiger partial charge in [-0.25, -0.2) is 0 Å². The molecule has 1 aliphatic heterocycles. The Morgan fingerprint density at radius 1 is 1.03 bits per heavy atom. The zero-order valence-electron chi connectivity index (χ0n) is 18.4. The standard InChI is InChI=1S/C25H32N2O3/c1-18-9-5-6-10-20(18)24(29)26-19-13-15-27(16-14-19)23(28)17-30-22-12-8-7-11-21(22)25(2,3)4/h5-12,19H,13-17H2,1-4H3,(H,26,29). The maximum Gasteiger partial charge on any atom is 0.260 e. The predicted octanol–water partition coefficient (Wildman–Crippen LogP) is 4.09. The second-order valence-electron chi connectivity index (χ2n) is 8.98. The van der Waals surface area contributed by atoms with Gasteiger partial charge in [0, 0.05) is 24.7 Å². The van der Waals surface area contributed by atoms with E-state index in [9.17, 15) is 9.59 Å². The highest BCUT2D eigenvalue weighted by Gasteiger charge is 2.25. The van der Waals surface area contributed by atoms with Crippen molar-refractivity contribution in [2.24, 2.45) is 0 Å². The summed E-state index contributed by atoms with van der Waals surface area (Å²) in [7, 11) is 0. The summed E-state index contributed by atoms with van der Waals surface area (Å²) in [5, 5.41) is 3.11. The number of carbonyl (C=O) groups excluding carboxylic acids is 2. The molecule has 0 aliphatic carbocycles. The SMILES string of the molecule is Cc1ccccc1C(=O)NC1CCN(C(=O)COc2ccccc2C(C)(C)C)CC1. The Morgan fingerprint density at radius 2 is 1.67 bits per heavy atom. The van der Waals surface area contributed by atoms with Gasteiger partial charge in [0.1, 0.15) is 5.75 Å². The molecule has 0 atom stereocenters. The zero-order valence-corrected chi connectivity index (χ0v) is 18.4. The minimum absolute atomic E-state index is 0.0117. The highest BCUT2D eigenvalue weighted by Crippen LogP contribution is 2.31. The summed E-state index contributed by atoms with van der Waals surface area (Å²) in [5.74, 6) is 0.709. The fourth-order valence-corrected chi connectivity index (χ4v) is 3.81. The molecule has 1 N–H and O–H groups in total. The Hall–Kier alpha value is -2.82. The summed E-state index contributed by atoms with van der Waals surface area (Å²) < 4.78 is 5.88. The van der Waals surface area contributed by atoms with Crippen LogP contribution in [0.1, 0.15) is 55.1 Å². The highest BCUT2D eigenvalue weighted by atomic mass is 16.5. The molecule has 0 saturated carbocycles. The first-order valence-electron chi connectivity index (χ1n) is 10.6. The number of nitrogens with one attached hydrogen (secondary N) is 1. The van der Waals surface area contributed by atoms with E-state index in [1.165, 1.54) is 0 Å². The van der Waals surface area contributed by atoms with Gasteiger partial charge in [0.05, 0.1) is 0 Å². The Balaban J connectivity index is 1.49. The van der Waals surface area contributed by atoms with Crippen LogP contribution in [0.5, 0.6) is 5.75 Å². The van der Waals surface area contributed by atoms with Crippen LogP contribution in [0.3, 0.4) is 0 Å². The van der Waals surface area contributed by atoms with Crippen molar-refractivity contribution in [3.63, 3.8) is 0 Å². The topological polar surface area (TPSA) is 58.6 Å². The number of hydrogen-bond donors (Lipinski definition) is 1. The van der Waals surface area contributed by atoms with Crippen molar-refractivity contribution >= 4 is 11.8 Å². The largest absolute Gasteiger partial charge is 0.483 e. The van der Waals surface area contributed by atoms with E-state index in [1.807, 2.05) is 60.4 Å². The van der Waals surface area contributed by atoms with E-state index >= 15 is 0 Å². The molecule has 2 aromatic carbocycles. The second kappa shape index (κ2) is 9.33. The molecule has 0 aromatic heterocycles. The van der Waals surface area contributed by atoms with Crippen LogP contribution >= 0.6 is 0 Å². The summed E-state index contributed by atoms with van der Waals surface area (Å²) in [4.78, 5) is 27.0. The number of ether oxygens (including phenoxy) is 1. The van der Waals surface area contributed by atoms with E-state index in [-0.39, 0.29) is 29.9 Å². The van der Waals surface area contributed by atoms with Crippen LogP contribution < -0.4 is 10.1 Å². The van der Waals surface area contributed by atoms with E-state index in [4.69, 9.17) is 4.74 Å². The van der Waals surface area contributed by atoms with Crippen molar-refractivity contribution in [1.82, 2.24) is 10.2 Å². The number of rotatable bonds is 5. The highest BCUT2D eigenvalue weighted by molar-refractivity contribution is 5.95. The summed E-state index contributed by atoms with van der Waals surface area (Å²) >= 11 is 0. The van der Waals surface area contributed by atoms with Crippen molar-refractivity contribution in [3.8, 4) is 5.75 Å². The molecule has 160 valence electrons. The van der Waals surface area contributed by atoms with Gasteiger partial charge in [-0.3, -0.25) is 9.59 Å². The lowest BCUT2D eigenvalue weighted by Crippen LogP contribution is -2.47. The molecule has 0 radical (unpaired) electrons. The van der Waals surface area contributed by atoms with Crippen LogP contribution in [-0.4, -0.2) is 42.5 Å². The summed E-state index contributed by atoms with van der Waals surface area (Å²) in [6.45, 7) is 9.62. The molecule has 2 amide bonds. The van der Waals surface area contributed by atoms with Gasteiger partial charge < -0.3 is 15.0 Å². The fraction of sp³-hybridized carbons (Fsp3) is 0.440. The number of likely N-dealkylation sites (tertiary alicyclic amines) is 1. The van der Waals surface area contributed by atoms with E-state index in [0.717, 1.165) is 29.7 Å². The smallest absolute Gasteiger partial charge is 0.260 e. The zero-order chi connectivity index (χ0) is 21.7. The predicted molar refractivity (Wildman–Crippen MR) is 119 cm³/mol. The first kappa shape index (κ1) is 21.9. The quantitative estimate of drug-likeness (QED) is 0.811. The minimum atomic E-state index is -0.0483. The van der Waals surface area contributed by atoms with Gasteiger partial charge in [-0.2, -0.15) is 0 Å². The molecule has 0 bridgehead atoms. The third kappa shape index (κ3) is 5.41. The first-order chi connectivity index (χ1) is 14.3. The Morgan fingerprint density at radius 3 is 2.33 bits per heavy atom. The average molecular weight is 409 g/mol. The number of aryl methyl sites for hydroxylation is 1. The first-order valence-corrected chi connectivity index (χ1v) is 10.6. The molecule has 1 heterocycles. The van der Waals surface area contributed by atoms with Crippen LogP contribution in [0, 0.1) is 6.92 Å². The number of nitrogens with zero attached hydrogens (tertiary/aromatic N) is 1. The molecular formula is C25H32N2O3. The number of hydrogen-bond acceptors (Lipinski definition) is 3. The van der Waals surface area contributed by atoms with Crippen LogP contribution in [0.25, 0.3) is 0 Å². The number of para-hydroxylation sites is 1. The van der Waals surface area contributed by atoms with E-state index in [2.05, 4.69) is 26.1 Å².